The average Bonchev–Trinajstić information content (AvgIpc) is 2.85. The van der Waals surface area contributed by atoms with Crippen molar-refractivity contribution in [2.45, 2.75) is 27.2 Å². The number of hydrogen-bond donors (Lipinski definition) is 1. The number of carbonyl (C=O) groups excluding carboxylic acids is 1. The molecule has 4 nitrogen and oxygen atoms in total. The Hall–Kier alpha value is -2.69. The van der Waals surface area contributed by atoms with E-state index < -0.39 is 0 Å². The lowest BCUT2D eigenvalue weighted by molar-refractivity contribution is -0.116. The summed E-state index contributed by atoms with van der Waals surface area (Å²) >= 11 is 0. The fourth-order valence-electron chi connectivity index (χ4n) is 2.63. The van der Waals surface area contributed by atoms with Gasteiger partial charge in [-0.05, 0) is 54.8 Å². The van der Waals surface area contributed by atoms with Gasteiger partial charge in [0.25, 0.3) is 0 Å². The first kappa shape index (κ1) is 16.2. The number of hydrogen-bond acceptors (Lipinski definition) is 2. The molecule has 0 unspecified atom stereocenters. The van der Waals surface area contributed by atoms with Crippen molar-refractivity contribution in [1.29, 1.82) is 0 Å². The Morgan fingerprint density at radius 3 is 2.62 bits per heavy atom. The molecule has 1 amide bonds. The predicted molar refractivity (Wildman–Crippen MR) is 93.4 cm³/mol. The third-order valence-corrected chi connectivity index (χ3v) is 3.75. The molecule has 5 heteroatoms. The molecule has 24 heavy (non-hydrogen) atoms. The molecule has 3 rings (SSSR count). The molecule has 0 fully saturated rings. The highest BCUT2D eigenvalue weighted by molar-refractivity contribution is 5.94. The van der Waals surface area contributed by atoms with Gasteiger partial charge in [0.1, 0.15) is 23.0 Å². The van der Waals surface area contributed by atoms with Gasteiger partial charge < -0.3 is 5.32 Å². The maximum atomic E-state index is 13.2. The highest BCUT2D eigenvalue weighted by Crippen LogP contribution is 2.29. The van der Waals surface area contributed by atoms with Crippen molar-refractivity contribution >= 4 is 17.4 Å². The van der Waals surface area contributed by atoms with Crippen LogP contribution in [0.5, 0.6) is 0 Å². The van der Waals surface area contributed by atoms with Gasteiger partial charge in [0.2, 0.25) is 5.91 Å². The number of nitrogens with one attached hydrogen (secondary N) is 1. The first-order valence-electron chi connectivity index (χ1n) is 7.98. The summed E-state index contributed by atoms with van der Waals surface area (Å²) in [5.41, 5.74) is 3.22. The van der Waals surface area contributed by atoms with E-state index in [0.29, 0.717) is 17.9 Å². The molecule has 0 saturated carbocycles. The van der Waals surface area contributed by atoms with Crippen LogP contribution in [0.2, 0.25) is 0 Å². The van der Waals surface area contributed by atoms with Gasteiger partial charge in [-0.25, -0.2) is 9.37 Å². The number of anilines is 1. The summed E-state index contributed by atoms with van der Waals surface area (Å²) in [5, 5.41) is 2.97. The van der Waals surface area contributed by atoms with Crippen LogP contribution in [0.25, 0.3) is 16.9 Å². The summed E-state index contributed by atoms with van der Waals surface area (Å²) in [6.07, 6.45) is 2.32. The normalized spacial score (nSPS) is 11.2. The Kier molecular flexibility index (Phi) is 4.34. The van der Waals surface area contributed by atoms with Gasteiger partial charge in [0.15, 0.2) is 0 Å². The zero-order valence-electron chi connectivity index (χ0n) is 14.0. The van der Waals surface area contributed by atoms with Gasteiger partial charge in [0, 0.05) is 18.2 Å². The largest absolute Gasteiger partial charge is 0.310 e. The highest BCUT2D eigenvalue weighted by Gasteiger charge is 2.17. The van der Waals surface area contributed by atoms with Crippen LogP contribution in [0, 0.1) is 18.7 Å². The standard InChI is InChI=1S/C19H20FN3O/c1-12(2)10-17(24)22-19-18(14-4-6-15(20)7-5-14)21-16-11-13(3)8-9-23(16)19/h4-9,11-12H,10H2,1-3H3,(H,22,24). The van der Waals surface area contributed by atoms with E-state index >= 15 is 0 Å². The van der Waals surface area contributed by atoms with Crippen LogP contribution in [0.15, 0.2) is 42.6 Å². The fourth-order valence-corrected chi connectivity index (χ4v) is 2.63. The Bertz CT molecular complexity index is 882. The first-order valence-corrected chi connectivity index (χ1v) is 7.98. The van der Waals surface area contributed by atoms with Gasteiger partial charge >= 0.3 is 0 Å². The molecule has 0 bridgehead atoms. The number of rotatable bonds is 4. The quantitative estimate of drug-likeness (QED) is 0.771. The molecule has 0 aliphatic rings. The molecular formula is C19H20FN3O. The Morgan fingerprint density at radius 2 is 1.96 bits per heavy atom. The zero-order chi connectivity index (χ0) is 17.3. The van der Waals surface area contributed by atoms with Crippen molar-refractivity contribution in [1.82, 2.24) is 9.38 Å². The number of halogens is 1. The number of fused-ring (bicyclic) bond motifs is 1. The number of benzene rings is 1. The number of pyridine rings is 1. The van der Waals surface area contributed by atoms with E-state index in [1.807, 2.05) is 43.5 Å². The summed E-state index contributed by atoms with van der Waals surface area (Å²) in [6.45, 7) is 5.99. The van der Waals surface area contributed by atoms with Crippen molar-refractivity contribution in [3.8, 4) is 11.3 Å². The van der Waals surface area contributed by atoms with E-state index in [0.717, 1.165) is 16.8 Å². The third-order valence-electron chi connectivity index (χ3n) is 3.75. The van der Waals surface area contributed by atoms with Crippen LogP contribution in [0.1, 0.15) is 25.8 Å². The minimum atomic E-state index is -0.302. The Balaban J connectivity index is 2.11. The number of amides is 1. The summed E-state index contributed by atoms with van der Waals surface area (Å²) < 4.78 is 15.1. The number of nitrogens with zero attached hydrogens (tertiary/aromatic N) is 2. The molecule has 2 heterocycles. The molecule has 0 atom stereocenters. The van der Waals surface area contributed by atoms with Crippen molar-refractivity contribution in [2.75, 3.05) is 5.32 Å². The van der Waals surface area contributed by atoms with Crippen LogP contribution in [-0.2, 0) is 4.79 Å². The summed E-state index contributed by atoms with van der Waals surface area (Å²) in [4.78, 5) is 16.9. The Labute approximate surface area is 140 Å². The second kappa shape index (κ2) is 6.43. The van der Waals surface area contributed by atoms with Crippen molar-refractivity contribution in [3.63, 3.8) is 0 Å². The smallest absolute Gasteiger partial charge is 0.225 e. The minimum absolute atomic E-state index is 0.0595. The monoisotopic (exact) mass is 325 g/mol. The van der Waals surface area contributed by atoms with Crippen LogP contribution in [-0.4, -0.2) is 15.3 Å². The highest BCUT2D eigenvalue weighted by atomic mass is 19.1. The number of aromatic nitrogens is 2. The van der Waals surface area contributed by atoms with E-state index in [4.69, 9.17) is 0 Å². The van der Waals surface area contributed by atoms with Gasteiger partial charge in [-0.3, -0.25) is 9.20 Å². The van der Waals surface area contributed by atoms with E-state index in [9.17, 15) is 9.18 Å². The maximum Gasteiger partial charge on any atom is 0.225 e. The minimum Gasteiger partial charge on any atom is -0.310 e. The Morgan fingerprint density at radius 1 is 1.25 bits per heavy atom. The lowest BCUT2D eigenvalue weighted by Gasteiger charge is -2.09. The first-order chi connectivity index (χ1) is 11.4. The van der Waals surface area contributed by atoms with Gasteiger partial charge in [-0.15, -0.1) is 0 Å². The molecule has 0 aliphatic carbocycles. The SMILES string of the molecule is Cc1ccn2c(NC(=O)CC(C)C)c(-c3ccc(F)cc3)nc2c1. The molecule has 1 N–H and O–H groups in total. The third kappa shape index (κ3) is 3.30. The van der Waals surface area contributed by atoms with Gasteiger partial charge in [-0.2, -0.15) is 0 Å². The second-order valence-electron chi connectivity index (χ2n) is 6.39. The predicted octanol–water partition coefficient (Wildman–Crippen LogP) is 4.43. The van der Waals surface area contributed by atoms with Crippen molar-refractivity contribution in [3.05, 3.63) is 54.0 Å². The molecule has 0 saturated heterocycles. The summed E-state index contributed by atoms with van der Waals surface area (Å²) in [5.74, 6) is 0.516. The fraction of sp³-hybridized carbons (Fsp3) is 0.263. The number of aryl methyl sites for hydroxylation is 1. The van der Waals surface area contributed by atoms with E-state index in [2.05, 4.69) is 10.3 Å². The van der Waals surface area contributed by atoms with E-state index in [1.165, 1.54) is 12.1 Å². The van der Waals surface area contributed by atoms with Crippen LogP contribution in [0.3, 0.4) is 0 Å². The van der Waals surface area contributed by atoms with Crippen LogP contribution >= 0.6 is 0 Å². The average molecular weight is 325 g/mol. The second-order valence-corrected chi connectivity index (χ2v) is 6.39. The lowest BCUT2D eigenvalue weighted by atomic mass is 10.1. The molecule has 1 aromatic carbocycles. The van der Waals surface area contributed by atoms with Gasteiger partial charge in [0.05, 0.1) is 0 Å². The molecular weight excluding hydrogens is 305 g/mol. The summed E-state index contributed by atoms with van der Waals surface area (Å²) in [7, 11) is 0. The topological polar surface area (TPSA) is 46.4 Å². The number of carbonyl (C=O) groups is 1. The molecule has 0 radical (unpaired) electrons. The van der Waals surface area contributed by atoms with Gasteiger partial charge in [-0.1, -0.05) is 13.8 Å². The van der Waals surface area contributed by atoms with Crippen molar-refractivity contribution in [2.24, 2.45) is 5.92 Å². The molecule has 0 spiro atoms. The molecule has 124 valence electrons. The lowest BCUT2D eigenvalue weighted by Crippen LogP contribution is -2.15. The molecule has 0 aliphatic heterocycles. The van der Waals surface area contributed by atoms with E-state index in [1.54, 1.807) is 12.1 Å². The van der Waals surface area contributed by atoms with Crippen molar-refractivity contribution < 1.29 is 9.18 Å². The van der Waals surface area contributed by atoms with E-state index in [-0.39, 0.29) is 17.6 Å². The molecule has 2 aromatic heterocycles. The van der Waals surface area contributed by atoms with Crippen LogP contribution in [0.4, 0.5) is 10.2 Å². The summed E-state index contributed by atoms with van der Waals surface area (Å²) in [6, 6.07) is 10.0. The van der Waals surface area contributed by atoms with Crippen LogP contribution < -0.4 is 5.32 Å². The molecule has 3 aromatic rings. The zero-order valence-corrected chi connectivity index (χ0v) is 14.0. The number of imidazole rings is 1. The maximum absolute atomic E-state index is 13.2.